The van der Waals surface area contributed by atoms with Crippen LogP contribution in [-0.2, 0) is 10.5 Å². The van der Waals surface area contributed by atoms with E-state index in [4.69, 9.17) is 0 Å². The minimum Gasteiger partial charge on any atom is -0.310 e. The fourth-order valence-electron chi connectivity index (χ4n) is 3.58. The predicted molar refractivity (Wildman–Crippen MR) is 112 cm³/mol. The molecule has 6 heteroatoms. The molecule has 0 saturated carbocycles. The molecule has 3 aromatic rings. The zero-order chi connectivity index (χ0) is 19.7. The summed E-state index contributed by atoms with van der Waals surface area (Å²) in [5.41, 5.74) is 4.79. The van der Waals surface area contributed by atoms with Crippen LogP contribution in [0.5, 0.6) is 0 Å². The lowest BCUT2D eigenvalue weighted by molar-refractivity contribution is -0.116. The third kappa shape index (κ3) is 3.60. The van der Waals surface area contributed by atoms with E-state index >= 15 is 0 Å². The molecule has 0 bridgehead atoms. The zero-order valence-electron chi connectivity index (χ0n) is 15.8. The number of aromatic nitrogens is 2. The van der Waals surface area contributed by atoms with E-state index in [9.17, 15) is 9.59 Å². The minimum atomic E-state index is -0.281. The number of hydrogen-bond donors (Lipinski definition) is 2. The second-order valence-electron chi connectivity index (χ2n) is 7.01. The first-order valence-corrected chi connectivity index (χ1v) is 10.2. The van der Waals surface area contributed by atoms with Gasteiger partial charge in [-0.05, 0) is 36.1 Å². The highest BCUT2D eigenvalue weighted by Gasteiger charge is 2.31. The number of thioether (sulfide) groups is 1. The predicted octanol–water partition coefficient (Wildman–Crippen LogP) is 4.15. The Bertz CT molecular complexity index is 1110. The molecule has 0 spiro atoms. The quantitative estimate of drug-likeness (QED) is 0.517. The van der Waals surface area contributed by atoms with Crippen LogP contribution < -0.4 is 10.9 Å². The summed E-state index contributed by atoms with van der Waals surface area (Å²) in [5.74, 6) is 0.676. The molecule has 1 aromatic heterocycles. The third-order valence-electron chi connectivity index (χ3n) is 5.12. The fourth-order valence-corrected chi connectivity index (χ4v) is 4.52. The summed E-state index contributed by atoms with van der Waals surface area (Å²) in [7, 11) is 0. The summed E-state index contributed by atoms with van der Waals surface area (Å²) >= 11 is 1.46. The standard InChI is InChI=1S/C22H21N3O2S/c1-13-7-3-5-9-15(13)12-28-22-24-20-19(21(27)25-22)17(11-18(26)23-20)16-10-6-4-8-14(16)2/h3-10,17H,11-12H2,1-2H3,(H2,23,24,25,26,27). The van der Waals surface area contributed by atoms with E-state index in [-0.39, 0.29) is 23.8 Å². The molecule has 28 heavy (non-hydrogen) atoms. The molecular weight excluding hydrogens is 370 g/mol. The highest BCUT2D eigenvalue weighted by Crippen LogP contribution is 2.36. The van der Waals surface area contributed by atoms with Crippen LogP contribution >= 0.6 is 11.8 Å². The molecule has 0 radical (unpaired) electrons. The molecule has 4 rings (SSSR count). The molecule has 5 nitrogen and oxygen atoms in total. The van der Waals surface area contributed by atoms with Crippen LogP contribution in [0.4, 0.5) is 5.82 Å². The smallest absolute Gasteiger partial charge is 0.257 e. The van der Waals surface area contributed by atoms with E-state index in [1.54, 1.807) is 0 Å². The SMILES string of the molecule is Cc1ccccc1CSc1nc2c(c(=O)[nH]1)C(c1ccccc1C)CC(=O)N2. The summed E-state index contributed by atoms with van der Waals surface area (Å²) in [5, 5.41) is 3.30. The third-order valence-corrected chi connectivity index (χ3v) is 6.04. The van der Waals surface area contributed by atoms with E-state index in [0.717, 1.165) is 11.1 Å². The number of benzene rings is 2. The van der Waals surface area contributed by atoms with Crippen molar-refractivity contribution in [3.63, 3.8) is 0 Å². The number of aryl methyl sites for hydroxylation is 2. The number of amides is 1. The maximum Gasteiger partial charge on any atom is 0.257 e. The number of aromatic amines is 1. The first kappa shape index (κ1) is 18.5. The number of anilines is 1. The Kier molecular flexibility index (Phi) is 5.05. The minimum absolute atomic E-state index is 0.117. The van der Waals surface area contributed by atoms with Gasteiger partial charge in [0.15, 0.2) is 5.16 Å². The summed E-state index contributed by atoms with van der Waals surface area (Å²) in [6.45, 7) is 4.06. The summed E-state index contributed by atoms with van der Waals surface area (Å²) in [6, 6.07) is 16.0. The Hall–Kier alpha value is -2.86. The van der Waals surface area contributed by atoms with E-state index in [2.05, 4.69) is 34.3 Å². The number of carbonyl (C=O) groups is 1. The maximum absolute atomic E-state index is 12.9. The van der Waals surface area contributed by atoms with Crippen molar-refractivity contribution < 1.29 is 4.79 Å². The Labute approximate surface area is 167 Å². The Balaban J connectivity index is 1.68. The fraction of sp³-hybridized carbons (Fsp3) is 0.227. The number of fused-ring (bicyclic) bond motifs is 1. The molecule has 0 aliphatic carbocycles. The van der Waals surface area contributed by atoms with E-state index in [1.165, 1.54) is 22.9 Å². The topological polar surface area (TPSA) is 74.8 Å². The average molecular weight is 391 g/mol. The molecule has 142 valence electrons. The van der Waals surface area contributed by atoms with Gasteiger partial charge in [-0.15, -0.1) is 0 Å². The van der Waals surface area contributed by atoms with Crippen molar-refractivity contribution >= 4 is 23.5 Å². The average Bonchev–Trinajstić information content (AvgIpc) is 2.67. The van der Waals surface area contributed by atoms with Crippen molar-refractivity contribution in [2.75, 3.05) is 5.32 Å². The van der Waals surface area contributed by atoms with Gasteiger partial charge in [0.1, 0.15) is 5.82 Å². The van der Waals surface area contributed by atoms with Gasteiger partial charge in [-0.2, -0.15) is 0 Å². The molecule has 1 amide bonds. The number of carbonyl (C=O) groups excluding carboxylic acids is 1. The van der Waals surface area contributed by atoms with Gasteiger partial charge in [-0.3, -0.25) is 9.59 Å². The van der Waals surface area contributed by atoms with Crippen molar-refractivity contribution in [2.24, 2.45) is 0 Å². The van der Waals surface area contributed by atoms with Gasteiger partial charge in [0, 0.05) is 18.1 Å². The second kappa shape index (κ2) is 7.64. The number of hydrogen-bond acceptors (Lipinski definition) is 4. The molecule has 2 aromatic carbocycles. The lowest BCUT2D eigenvalue weighted by atomic mass is 9.84. The lowest BCUT2D eigenvalue weighted by Gasteiger charge is -2.25. The molecular formula is C22H21N3O2S. The van der Waals surface area contributed by atoms with Crippen LogP contribution in [0.25, 0.3) is 0 Å². The van der Waals surface area contributed by atoms with Crippen molar-refractivity contribution in [3.05, 3.63) is 86.7 Å². The Morgan fingerprint density at radius 3 is 2.50 bits per heavy atom. The normalized spacial score (nSPS) is 15.8. The van der Waals surface area contributed by atoms with Gasteiger partial charge >= 0.3 is 0 Å². The molecule has 2 N–H and O–H groups in total. The number of nitrogens with one attached hydrogen (secondary N) is 2. The Morgan fingerprint density at radius 2 is 1.75 bits per heavy atom. The monoisotopic (exact) mass is 391 g/mol. The van der Waals surface area contributed by atoms with Crippen LogP contribution in [0.1, 0.15) is 40.2 Å². The van der Waals surface area contributed by atoms with Gasteiger partial charge in [-0.1, -0.05) is 60.3 Å². The molecule has 0 fully saturated rings. The van der Waals surface area contributed by atoms with Crippen molar-refractivity contribution in [1.29, 1.82) is 0 Å². The second-order valence-corrected chi connectivity index (χ2v) is 7.97. The highest BCUT2D eigenvalue weighted by molar-refractivity contribution is 7.98. The molecule has 0 saturated heterocycles. The molecule has 1 aliphatic heterocycles. The first-order valence-electron chi connectivity index (χ1n) is 9.20. The maximum atomic E-state index is 12.9. The van der Waals surface area contributed by atoms with E-state index < -0.39 is 0 Å². The van der Waals surface area contributed by atoms with Crippen molar-refractivity contribution in [1.82, 2.24) is 9.97 Å². The molecule has 1 atom stereocenters. The van der Waals surface area contributed by atoms with Crippen LogP contribution in [-0.4, -0.2) is 15.9 Å². The largest absolute Gasteiger partial charge is 0.310 e. The highest BCUT2D eigenvalue weighted by atomic mass is 32.2. The molecule has 1 aliphatic rings. The van der Waals surface area contributed by atoms with Gasteiger partial charge in [-0.25, -0.2) is 4.98 Å². The van der Waals surface area contributed by atoms with Crippen LogP contribution in [0.15, 0.2) is 58.5 Å². The van der Waals surface area contributed by atoms with Gasteiger partial charge in [0.2, 0.25) is 5.91 Å². The molecule has 2 heterocycles. The summed E-state index contributed by atoms with van der Waals surface area (Å²) in [4.78, 5) is 32.7. The zero-order valence-corrected chi connectivity index (χ0v) is 16.6. The first-order chi connectivity index (χ1) is 13.5. The van der Waals surface area contributed by atoms with Gasteiger partial charge < -0.3 is 10.3 Å². The van der Waals surface area contributed by atoms with E-state index in [0.29, 0.717) is 22.3 Å². The summed E-state index contributed by atoms with van der Waals surface area (Å²) < 4.78 is 0. The van der Waals surface area contributed by atoms with Crippen LogP contribution in [0, 0.1) is 13.8 Å². The number of rotatable bonds is 4. The summed E-state index contributed by atoms with van der Waals surface area (Å²) in [6.07, 6.45) is 0.248. The number of H-pyrrole nitrogens is 1. The van der Waals surface area contributed by atoms with Crippen LogP contribution in [0.3, 0.4) is 0 Å². The van der Waals surface area contributed by atoms with E-state index in [1.807, 2.05) is 43.3 Å². The number of nitrogens with zero attached hydrogens (tertiary/aromatic N) is 1. The van der Waals surface area contributed by atoms with Crippen LogP contribution in [0.2, 0.25) is 0 Å². The van der Waals surface area contributed by atoms with Gasteiger partial charge in [0.05, 0.1) is 5.56 Å². The van der Waals surface area contributed by atoms with Crippen molar-refractivity contribution in [2.45, 2.75) is 37.1 Å². The lowest BCUT2D eigenvalue weighted by Crippen LogP contribution is -2.31. The van der Waals surface area contributed by atoms with Gasteiger partial charge in [0.25, 0.3) is 5.56 Å². The Morgan fingerprint density at radius 1 is 1.04 bits per heavy atom. The van der Waals surface area contributed by atoms with Crippen molar-refractivity contribution in [3.8, 4) is 0 Å². The molecule has 1 unspecified atom stereocenters.